The number of benzene rings is 1. The van der Waals surface area contributed by atoms with E-state index in [1.807, 2.05) is 0 Å². The summed E-state index contributed by atoms with van der Waals surface area (Å²) >= 11 is 0. The molecule has 1 aromatic carbocycles. The molecule has 0 spiro atoms. The van der Waals surface area contributed by atoms with Gasteiger partial charge in [-0.15, -0.1) is 0 Å². The number of anilines is 1. The second kappa shape index (κ2) is 4.56. The second-order valence-electron chi connectivity index (χ2n) is 3.08. The number of rotatable bonds is 4. The molecule has 0 fully saturated rings. The minimum absolute atomic E-state index is 0.144. The Morgan fingerprint density at radius 1 is 1.33 bits per heavy atom. The van der Waals surface area contributed by atoms with Crippen LogP contribution in [-0.2, 0) is 0 Å². The van der Waals surface area contributed by atoms with E-state index < -0.39 is 5.91 Å². The van der Waals surface area contributed by atoms with Gasteiger partial charge in [-0.2, -0.15) is 0 Å². The summed E-state index contributed by atoms with van der Waals surface area (Å²) in [5.74, 6) is -0.801. The molecule has 1 aromatic rings. The molecule has 0 aromatic heterocycles. The maximum Gasteiger partial charge on any atom is 0.250 e. The van der Waals surface area contributed by atoms with Crippen molar-refractivity contribution in [2.24, 2.45) is 5.73 Å². The van der Waals surface area contributed by atoms with Gasteiger partial charge in [-0.3, -0.25) is 9.59 Å². The van der Waals surface area contributed by atoms with Crippen LogP contribution in [0.25, 0.3) is 0 Å². The van der Waals surface area contributed by atoms with Crippen molar-refractivity contribution < 1.29 is 9.59 Å². The third-order valence-electron chi connectivity index (χ3n) is 2.01. The predicted octanol–water partition coefficient (Wildman–Crippen LogP) is -0.230. The summed E-state index contributed by atoms with van der Waals surface area (Å²) in [5.41, 5.74) is 11.4. The number of likely N-dealkylation sites (N-methyl/N-ethyl adjacent to an activating group) is 1. The molecule has 5 N–H and O–H groups in total. The van der Waals surface area contributed by atoms with Crippen molar-refractivity contribution in [3.05, 3.63) is 29.3 Å². The van der Waals surface area contributed by atoms with Crippen LogP contribution in [0.15, 0.2) is 18.2 Å². The summed E-state index contributed by atoms with van der Waals surface area (Å²) in [5, 5.41) is 2.72. The zero-order valence-corrected chi connectivity index (χ0v) is 8.41. The van der Waals surface area contributed by atoms with E-state index in [9.17, 15) is 9.59 Å². The van der Waals surface area contributed by atoms with Gasteiger partial charge in [0, 0.05) is 5.56 Å². The highest BCUT2D eigenvalue weighted by Gasteiger charge is 2.13. The molecule has 0 radical (unpaired) electrons. The number of nitrogens with one attached hydrogen (secondary N) is 1. The largest absolute Gasteiger partial charge is 0.397 e. The second-order valence-corrected chi connectivity index (χ2v) is 3.08. The summed E-state index contributed by atoms with van der Waals surface area (Å²) in [6.07, 6.45) is 0. The van der Waals surface area contributed by atoms with E-state index in [1.54, 1.807) is 19.2 Å². The molecule has 5 nitrogen and oxygen atoms in total. The third kappa shape index (κ3) is 2.32. The number of hydrogen-bond donors (Lipinski definition) is 3. The lowest BCUT2D eigenvalue weighted by molar-refractivity contribution is 0.0994. The molecule has 0 aliphatic rings. The highest BCUT2D eigenvalue weighted by Crippen LogP contribution is 2.17. The molecule has 0 unspecified atom stereocenters. The third-order valence-corrected chi connectivity index (χ3v) is 2.01. The fraction of sp³-hybridized carbons (Fsp3) is 0.200. The van der Waals surface area contributed by atoms with E-state index in [-0.39, 0.29) is 23.6 Å². The van der Waals surface area contributed by atoms with Gasteiger partial charge in [0.05, 0.1) is 17.8 Å². The molecule has 0 aliphatic heterocycles. The van der Waals surface area contributed by atoms with E-state index in [2.05, 4.69) is 5.32 Å². The highest BCUT2D eigenvalue weighted by atomic mass is 16.1. The first-order valence-corrected chi connectivity index (χ1v) is 4.44. The van der Waals surface area contributed by atoms with E-state index in [0.717, 1.165) is 0 Å². The number of carbonyl (C=O) groups excluding carboxylic acids is 2. The van der Waals surface area contributed by atoms with Crippen molar-refractivity contribution in [3.8, 4) is 0 Å². The van der Waals surface area contributed by atoms with Crippen molar-refractivity contribution in [3.63, 3.8) is 0 Å². The number of ketones is 1. The van der Waals surface area contributed by atoms with Crippen molar-refractivity contribution in [1.82, 2.24) is 5.32 Å². The van der Waals surface area contributed by atoms with Crippen molar-refractivity contribution in [2.75, 3.05) is 19.3 Å². The lowest BCUT2D eigenvalue weighted by Gasteiger charge is -2.07. The van der Waals surface area contributed by atoms with Crippen LogP contribution in [0.1, 0.15) is 20.7 Å². The van der Waals surface area contributed by atoms with Crippen LogP contribution in [0.2, 0.25) is 0 Å². The molecular weight excluding hydrogens is 194 g/mol. The summed E-state index contributed by atoms with van der Waals surface area (Å²) < 4.78 is 0. The fourth-order valence-electron chi connectivity index (χ4n) is 1.28. The molecule has 0 bridgehead atoms. The normalized spacial score (nSPS) is 9.93. The Hall–Kier alpha value is -1.88. The molecule has 0 saturated heterocycles. The standard InChI is InChI=1S/C10H13N3O2/c1-13-5-8(14)6-3-2-4-7(9(6)11)10(12)15/h2-4,13H,5,11H2,1H3,(H2,12,15). The van der Waals surface area contributed by atoms with Gasteiger partial charge in [-0.05, 0) is 19.2 Å². The molecule has 1 rings (SSSR count). The first-order chi connectivity index (χ1) is 7.07. The molecule has 0 aliphatic carbocycles. The average Bonchev–Trinajstić information content (AvgIpc) is 2.17. The van der Waals surface area contributed by atoms with Gasteiger partial charge >= 0.3 is 0 Å². The van der Waals surface area contributed by atoms with E-state index in [1.165, 1.54) is 6.07 Å². The van der Waals surface area contributed by atoms with Gasteiger partial charge in [-0.25, -0.2) is 0 Å². The van der Waals surface area contributed by atoms with Crippen molar-refractivity contribution >= 4 is 17.4 Å². The SMILES string of the molecule is CNCC(=O)c1cccc(C(N)=O)c1N. The Labute approximate surface area is 87.4 Å². The number of para-hydroxylation sites is 1. The van der Waals surface area contributed by atoms with Crippen LogP contribution in [0.3, 0.4) is 0 Å². The van der Waals surface area contributed by atoms with Gasteiger partial charge in [0.2, 0.25) is 0 Å². The minimum atomic E-state index is -0.633. The smallest absolute Gasteiger partial charge is 0.250 e. The monoisotopic (exact) mass is 207 g/mol. The van der Waals surface area contributed by atoms with Gasteiger partial charge in [0.25, 0.3) is 5.91 Å². The molecule has 0 heterocycles. The van der Waals surface area contributed by atoms with Gasteiger partial charge in [-0.1, -0.05) is 6.07 Å². The lowest BCUT2D eigenvalue weighted by Crippen LogP contribution is -2.21. The van der Waals surface area contributed by atoms with Crippen molar-refractivity contribution in [1.29, 1.82) is 0 Å². The number of nitrogens with two attached hydrogens (primary N) is 2. The molecular formula is C10H13N3O2. The van der Waals surface area contributed by atoms with Crippen LogP contribution in [0, 0.1) is 0 Å². The summed E-state index contributed by atoms with van der Waals surface area (Å²) in [7, 11) is 1.66. The minimum Gasteiger partial charge on any atom is -0.397 e. The Kier molecular flexibility index (Phi) is 3.41. The van der Waals surface area contributed by atoms with Crippen LogP contribution >= 0.6 is 0 Å². The number of amides is 1. The Balaban J connectivity index is 3.15. The topological polar surface area (TPSA) is 98.2 Å². The first kappa shape index (κ1) is 11.2. The Morgan fingerprint density at radius 2 is 1.93 bits per heavy atom. The summed E-state index contributed by atoms with van der Waals surface area (Å²) in [6.45, 7) is 0.173. The number of primary amides is 1. The maximum absolute atomic E-state index is 11.5. The zero-order valence-electron chi connectivity index (χ0n) is 8.41. The zero-order chi connectivity index (χ0) is 11.4. The van der Waals surface area contributed by atoms with Crippen molar-refractivity contribution in [2.45, 2.75) is 0 Å². The number of carbonyl (C=O) groups is 2. The highest BCUT2D eigenvalue weighted by molar-refractivity contribution is 6.08. The Bertz CT molecular complexity index is 402. The molecule has 1 amide bonds. The van der Waals surface area contributed by atoms with Crippen LogP contribution in [-0.4, -0.2) is 25.3 Å². The van der Waals surface area contributed by atoms with Crippen LogP contribution < -0.4 is 16.8 Å². The Morgan fingerprint density at radius 3 is 2.47 bits per heavy atom. The van der Waals surface area contributed by atoms with E-state index in [0.29, 0.717) is 5.56 Å². The molecule has 0 atom stereocenters. The van der Waals surface area contributed by atoms with Gasteiger partial charge in [0.15, 0.2) is 5.78 Å². The molecule has 5 heteroatoms. The number of nitrogen functional groups attached to an aromatic ring is 1. The summed E-state index contributed by atoms with van der Waals surface area (Å²) in [6, 6.07) is 4.65. The summed E-state index contributed by atoms with van der Waals surface area (Å²) in [4.78, 5) is 22.5. The molecule has 15 heavy (non-hydrogen) atoms. The molecule has 0 saturated carbocycles. The predicted molar refractivity (Wildman–Crippen MR) is 57.6 cm³/mol. The molecule has 80 valence electrons. The van der Waals surface area contributed by atoms with E-state index >= 15 is 0 Å². The maximum atomic E-state index is 11.5. The fourth-order valence-corrected chi connectivity index (χ4v) is 1.28. The van der Waals surface area contributed by atoms with Crippen LogP contribution in [0.4, 0.5) is 5.69 Å². The average molecular weight is 207 g/mol. The van der Waals surface area contributed by atoms with Gasteiger partial charge < -0.3 is 16.8 Å². The lowest BCUT2D eigenvalue weighted by atomic mass is 10.0. The van der Waals surface area contributed by atoms with E-state index in [4.69, 9.17) is 11.5 Å². The number of hydrogen-bond acceptors (Lipinski definition) is 4. The van der Waals surface area contributed by atoms with Crippen LogP contribution in [0.5, 0.6) is 0 Å². The quantitative estimate of drug-likeness (QED) is 0.469. The van der Waals surface area contributed by atoms with Gasteiger partial charge in [0.1, 0.15) is 0 Å². The first-order valence-electron chi connectivity index (χ1n) is 4.44. The number of Topliss-reactive ketones (excluding diaryl/α,β-unsaturated/α-hetero) is 1.